The SMILES string of the molecule is CCCCCCNC(=O)CCCCC1SC[C@@H]2NC(=O)N[C@H]12. The van der Waals surface area contributed by atoms with E-state index in [0.717, 1.165) is 38.0 Å². The molecule has 22 heavy (non-hydrogen) atoms. The van der Waals surface area contributed by atoms with Crippen LogP contribution < -0.4 is 16.0 Å². The summed E-state index contributed by atoms with van der Waals surface area (Å²) in [5.74, 6) is 1.19. The van der Waals surface area contributed by atoms with Gasteiger partial charge in [0, 0.05) is 24.0 Å². The van der Waals surface area contributed by atoms with Gasteiger partial charge < -0.3 is 16.0 Å². The van der Waals surface area contributed by atoms with Gasteiger partial charge in [0.05, 0.1) is 12.1 Å². The minimum atomic E-state index is -0.0252. The molecular formula is C16H29N3O2S. The minimum absolute atomic E-state index is 0.0252. The third-order valence-electron chi connectivity index (χ3n) is 4.43. The van der Waals surface area contributed by atoms with Crippen molar-refractivity contribution >= 4 is 23.7 Å². The van der Waals surface area contributed by atoms with Crippen molar-refractivity contribution in [2.75, 3.05) is 12.3 Å². The summed E-state index contributed by atoms with van der Waals surface area (Å²) in [6.45, 7) is 3.01. The van der Waals surface area contributed by atoms with Gasteiger partial charge in [-0.3, -0.25) is 4.79 Å². The highest BCUT2D eigenvalue weighted by molar-refractivity contribution is 8.00. The predicted molar refractivity (Wildman–Crippen MR) is 91.1 cm³/mol. The van der Waals surface area contributed by atoms with E-state index in [1.54, 1.807) is 0 Å². The van der Waals surface area contributed by atoms with Crippen molar-refractivity contribution in [1.29, 1.82) is 0 Å². The zero-order chi connectivity index (χ0) is 15.8. The van der Waals surface area contributed by atoms with Crippen LogP contribution in [0.1, 0.15) is 58.3 Å². The summed E-state index contributed by atoms with van der Waals surface area (Å²) in [6, 6.07) is 0.557. The number of hydrogen-bond acceptors (Lipinski definition) is 3. The number of rotatable bonds is 10. The molecule has 1 unspecified atom stereocenters. The molecule has 3 N–H and O–H groups in total. The summed E-state index contributed by atoms with van der Waals surface area (Å²) in [4.78, 5) is 23.0. The Labute approximate surface area is 137 Å². The average molecular weight is 327 g/mol. The number of thioether (sulfide) groups is 1. The van der Waals surface area contributed by atoms with Gasteiger partial charge in [-0.25, -0.2) is 4.79 Å². The van der Waals surface area contributed by atoms with E-state index in [1.165, 1.54) is 19.3 Å². The van der Waals surface area contributed by atoms with Crippen molar-refractivity contribution in [2.45, 2.75) is 75.6 Å². The fourth-order valence-corrected chi connectivity index (χ4v) is 4.69. The second-order valence-electron chi connectivity index (χ2n) is 6.28. The Morgan fingerprint density at radius 1 is 1.23 bits per heavy atom. The topological polar surface area (TPSA) is 70.2 Å². The summed E-state index contributed by atoms with van der Waals surface area (Å²) in [5, 5.41) is 9.47. The van der Waals surface area contributed by atoms with Gasteiger partial charge in [-0.15, -0.1) is 0 Å². The van der Waals surface area contributed by atoms with Gasteiger partial charge in [-0.1, -0.05) is 32.6 Å². The zero-order valence-corrected chi connectivity index (χ0v) is 14.3. The van der Waals surface area contributed by atoms with E-state index < -0.39 is 0 Å². The van der Waals surface area contributed by atoms with E-state index in [-0.39, 0.29) is 18.0 Å². The molecule has 3 atom stereocenters. The van der Waals surface area contributed by atoms with Crippen LogP contribution >= 0.6 is 11.8 Å². The first-order valence-corrected chi connectivity index (χ1v) is 9.71. The largest absolute Gasteiger partial charge is 0.356 e. The molecule has 0 bridgehead atoms. The zero-order valence-electron chi connectivity index (χ0n) is 13.5. The van der Waals surface area contributed by atoms with Gasteiger partial charge in [-0.2, -0.15) is 11.8 Å². The van der Waals surface area contributed by atoms with Crippen LogP contribution in [0.15, 0.2) is 0 Å². The summed E-state index contributed by atoms with van der Waals surface area (Å²) in [6.07, 6.45) is 8.48. The van der Waals surface area contributed by atoms with Crippen LogP contribution in [0, 0.1) is 0 Å². The molecule has 0 aromatic heterocycles. The first kappa shape index (κ1) is 17.4. The smallest absolute Gasteiger partial charge is 0.315 e. The Kier molecular flexibility index (Phi) is 7.36. The standard InChI is InChI=1S/C16H29N3O2S/c1-2-3-4-7-10-17-14(20)9-6-5-8-13-15-12(11-22-13)18-16(21)19-15/h12-13,15H,2-11H2,1H3,(H,17,20)(H2,18,19,21)/t12-,13?,15-/m0/s1. The van der Waals surface area contributed by atoms with Crippen molar-refractivity contribution < 1.29 is 9.59 Å². The lowest BCUT2D eigenvalue weighted by Crippen LogP contribution is -2.36. The number of hydrogen-bond donors (Lipinski definition) is 3. The van der Waals surface area contributed by atoms with Crippen LogP contribution in [0.2, 0.25) is 0 Å². The molecule has 2 saturated heterocycles. The van der Waals surface area contributed by atoms with Crippen LogP contribution in [0.4, 0.5) is 4.79 Å². The lowest BCUT2D eigenvalue weighted by atomic mass is 10.0. The maximum atomic E-state index is 11.7. The molecule has 2 aliphatic rings. The first-order chi connectivity index (χ1) is 10.7. The first-order valence-electron chi connectivity index (χ1n) is 8.66. The van der Waals surface area contributed by atoms with Gasteiger partial charge in [-0.05, 0) is 19.3 Å². The molecule has 0 radical (unpaired) electrons. The molecular weight excluding hydrogens is 298 g/mol. The Bertz CT molecular complexity index is 378. The molecule has 0 saturated carbocycles. The number of carbonyl (C=O) groups excluding carboxylic acids is 2. The Morgan fingerprint density at radius 2 is 2.09 bits per heavy atom. The fourth-order valence-electron chi connectivity index (χ4n) is 3.14. The van der Waals surface area contributed by atoms with E-state index in [4.69, 9.17) is 0 Å². The molecule has 0 aromatic carbocycles. The molecule has 5 nitrogen and oxygen atoms in total. The molecule has 2 heterocycles. The maximum Gasteiger partial charge on any atom is 0.315 e. The highest BCUT2D eigenvalue weighted by Gasteiger charge is 2.42. The molecule has 6 heteroatoms. The molecule has 2 aliphatic heterocycles. The number of urea groups is 1. The monoisotopic (exact) mass is 327 g/mol. The number of nitrogens with one attached hydrogen (secondary N) is 3. The lowest BCUT2D eigenvalue weighted by Gasteiger charge is -2.16. The van der Waals surface area contributed by atoms with E-state index >= 15 is 0 Å². The van der Waals surface area contributed by atoms with Crippen molar-refractivity contribution in [2.24, 2.45) is 0 Å². The molecule has 2 fully saturated rings. The van der Waals surface area contributed by atoms with Crippen LogP contribution in [0.25, 0.3) is 0 Å². The van der Waals surface area contributed by atoms with E-state index in [2.05, 4.69) is 22.9 Å². The average Bonchev–Trinajstić information content (AvgIpc) is 3.03. The lowest BCUT2D eigenvalue weighted by molar-refractivity contribution is -0.121. The number of unbranched alkanes of at least 4 members (excludes halogenated alkanes) is 4. The Hall–Kier alpha value is -0.910. The second kappa shape index (κ2) is 9.28. The van der Waals surface area contributed by atoms with Crippen LogP contribution in [-0.2, 0) is 4.79 Å². The fraction of sp³-hybridized carbons (Fsp3) is 0.875. The van der Waals surface area contributed by atoms with Gasteiger partial charge in [0.1, 0.15) is 0 Å². The quantitative estimate of drug-likeness (QED) is 0.426. The summed E-state index contributed by atoms with van der Waals surface area (Å²) < 4.78 is 0. The second-order valence-corrected chi connectivity index (χ2v) is 7.55. The van der Waals surface area contributed by atoms with E-state index in [1.807, 2.05) is 11.8 Å². The predicted octanol–water partition coefficient (Wildman–Crippen LogP) is 2.41. The van der Waals surface area contributed by atoms with Gasteiger partial charge in [0.15, 0.2) is 0 Å². The number of fused-ring (bicyclic) bond motifs is 1. The third-order valence-corrected chi connectivity index (χ3v) is 5.94. The number of amides is 3. The van der Waals surface area contributed by atoms with Crippen molar-refractivity contribution in [1.82, 2.24) is 16.0 Å². The van der Waals surface area contributed by atoms with Gasteiger partial charge in [0.25, 0.3) is 0 Å². The molecule has 0 aliphatic carbocycles. The summed E-state index contributed by atoms with van der Waals surface area (Å²) >= 11 is 1.94. The van der Waals surface area contributed by atoms with E-state index in [0.29, 0.717) is 17.7 Å². The third kappa shape index (κ3) is 5.38. The molecule has 2 rings (SSSR count). The maximum absolute atomic E-state index is 11.7. The van der Waals surface area contributed by atoms with Crippen LogP contribution in [-0.4, -0.2) is 41.6 Å². The summed E-state index contributed by atoms with van der Waals surface area (Å²) in [5.41, 5.74) is 0. The molecule has 126 valence electrons. The van der Waals surface area contributed by atoms with Crippen molar-refractivity contribution in [3.05, 3.63) is 0 Å². The van der Waals surface area contributed by atoms with Crippen molar-refractivity contribution in [3.63, 3.8) is 0 Å². The molecule has 0 aromatic rings. The van der Waals surface area contributed by atoms with Crippen LogP contribution in [0.5, 0.6) is 0 Å². The molecule has 0 spiro atoms. The Morgan fingerprint density at radius 3 is 2.91 bits per heavy atom. The van der Waals surface area contributed by atoms with Gasteiger partial charge in [0.2, 0.25) is 5.91 Å². The normalized spacial score (nSPS) is 26.4. The van der Waals surface area contributed by atoms with Crippen molar-refractivity contribution in [3.8, 4) is 0 Å². The summed E-state index contributed by atoms with van der Waals surface area (Å²) in [7, 11) is 0. The minimum Gasteiger partial charge on any atom is -0.356 e. The van der Waals surface area contributed by atoms with Gasteiger partial charge >= 0.3 is 6.03 Å². The Balaban J connectivity index is 1.49. The molecule has 3 amide bonds. The highest BCUT2D eigenvalue weighted by atomic mass is 32.2. The van der Waals surface area contributed by atoms with E-state index in [9.17, 15) is 9.59 Å². The highest BCUT2D eigenvalue weighted by Crippen LogP contribution is 2.33. The van der Waals surface area contributed by atoms with Crippen LogP contribution in [0.3, 0.4) is 0 Å². The number of carbonyl (C=O) groups is 2.